The molecule has 1 heterocycles. The number of carbonyl (C=O) groups is 1. The van der Waals surface area contributed by atoms with Gasteiger partial charge in [-0.3, -0.25) is 4.79 Å². The second-order valence-electron chi connectivity index (χ2n) is 6.90. The van der Waals surface area contributed by atoms with Crippen LogP contribution in [0.3, 0.4) is 0 Å². The van der Waals surface area contributed by atoms with E-state index in [0.29, 0.717) is 22.5 Å². The van der Waals surface area contributed by atoms with E-state index in [4.69, 9.17) is 16.3 Å². The van der Waals surface area contributed by atoms with E-state index >= 15 is 0 Å². The zero-order chi connectivity index (χ0) is 20.1. The molecule has 0 spiro atoms. The quantitative estimate of drug-likeness (QED) is 0.563. The van der Waals surface area contributed by atoms with Crippen LogP contribution in [0.4, 0.5) is 10.8 Å². The van der Waals surface area contributed by atoms with Crippen molar-refractivity contribution < 1.29 is 9.53 Å². The molecule has 1 atom stereocenters. The van der Waals surface area contributed by atoms with Gasteiger partial charge >= 0.3 is 0 Å². The van der Waals surface area contributed by atoms with Gasteiger partial charge < -0.3 is 15.4 Å². The van der Waals surface area contributed by atoms with Crippen LogP contribution in [0.25, 0.3) is 0 Å². The number of aromatic nitrogens is 2. The number of carbonyl (C=O) groups excluding carboxylic acids is 1. The van der Waals surface area contributed by atoms with Crippen molar-refractivity contribution >= 4 is 51.4 Å². The first-order valence-corrected chi connectivity index (χ1v) is 11.5. The molecular formula is C19H25ClN4O2S2. The van der Waals surface area contributed by atoms with E-state index in [9.17, 15) is 4.79 Å². The summed E-state index contributed by atoms with van der Waals surface area (Å²) in [4.78, 5) is 12.6. The lowest BCUT2D eigenvalue weighted by molar-refractivity contribution is -0.115. The van der Waals surface area contributed by atoms with E-state index in [1.54, 1.807) is 13.2 Å². The number of rotatable bonds is 7. The molecule has 9 heteroatoms. The number of nitrogens with one attached hydrogen (secondary N) is 2. The van der Waals surface area contributed by atoms with Crippen LogP contribution < -0.4 is 15.4 Å². The molecule has 3 rings (SSSR count). The molecule has 1 aliphatic rings. The normalized spacial score (nSPS) is 15.9. The number of amides is 1. The van der Waals surface area contributed by atoms with Gasteiger partial charge in [-0.15, -0.1) is 10.2 Å². The Bertz CT molecular complexity index is 824. The van der Waals surface area contributed by atoms with Crippen molar-refractivity contribution in [3.8, 4) is 5.75 Å². The van der Waals surface area contributed by atoms with Crippen LogP contribution in [0.15, 0.2) is 16.5 Å². The smallest absolute Gasteiger partial charge is 0.237 e. The van der Waals surface area contributed by atoms with Gasteiger partial charge in [-0.05, 0) is 38.3 Å². The van der Waals surface area contributed by atoms with E-state index in [-0.39, 0.29) is 11.2 Å². The van der Waals surface area contributed by atoms with Crippen LogP contribution in [0, 0.1) is 6.92 Å². The van der Waals surface area contributed by atoms with Crippen LogP contribution in [0.1, 0.15) is 44.6 Å². The maximum absolute atomic E-state index is 12.6. The Labute approximate surface area is 178 Å². The molecule has 2 aromatic rings. The summed E-state index contributed by atoms with van der Waals surface area (Å²) in [6.45, 7) is 3.74. The van der Waals surface area contributed by atoms with Gasteiger partial charge in [0, 0.05) is 17.1 Å². The molecule has 2 N–H and O–H groups in total. The van der Waals surface area contributed by atoms with Crippen molar-refractivity contribution in [2.45, 2.75) is 61.6 Å². The van der Waals surface area contributed by atoms with E-state index in [2.05, 4.69) is 20.8 Å². The van der Waals surface area contributed by atoms with E-state index in [1.165, 1.54) is 55.2 Å². The van der Waals surface area contributed by atoms with Gasteiger partial charge in [0.2, 0.25) is 11.0 Å². The predicted octanol–water partition coefficient (Wildman–Crippen LogP) is 5.37. The summed E-state index contributed by atoms with van der Waals surface area (Å²) in [5, 5.41) is 15.9. The predicted molar refractivity (Wildman–Crippen MR) is 117 cm³/mol. The fourth-order valence-electron chi connectivity index (χ4n) is 3.11. The third kappa shape index (κ3) is 5.52. The second kappa shape index (κ2) is 9.80. The van der Waals surface area contributed by atoms with E-state index < -0.39 is 0 Å². The Morgan fingerprint density at radius 2 is 2.07 bits per heavy atom. The van der Waals surface area contributed by atoms with Crippen LogP contribution in [-0.2, 0) is 4.79 Å². The number of benzene rings is 1. The lowest BCUT2D eigenvalue weighted by atomic mass is 9.96. The molecule has 1 aromatic heterocycles. The minimum Gasteiger partial charge on any atom is -0.495 e. The highest BCUT2D eigenvalue weighted by Crippen LogP contribution is 2.33. The molecule has 28 heavy (non-hydrogen) atoms. The monoisotopic (exact) mass is 440 g/mol. The first-order chi connectivity index (χ1) is 13.5. The molecule has 1 amide bonds. The van der Waals surface area contributed by atoms with Crippen LogP contribution in [-0.4, -0.2) is 34.5 Å². The summed E-state index contributed by atoms with van der Waals surface area (Å²) in [6.07, 6.45) is 6.22. The molecule has 0 aliphatic heterocycles. The first-order valence-electron chi connectivity index (χ1n) is 9.38. The average Bonchev–Trinajstić information content (AvgIpc) is 3.12. The summed E-state index contributed by atoms with van der Waals surface area (Å²) in [7, 11) is 1.55. The molecule has 6 nitrogen and oxygen atoms in total. The number of nitrogens with zero attached hydrogens (tertiary/aromatic N) is 2. The summed E-state index contributed by atoms with van der Waals surface area (Å²) in [6, 6.07) is 4.01. The highest BCUT2D eigenvalue weighted by atomic mass is 35.5. The topological polar surface area (TPSA) is 76.1 Å². The molecule has 1 unspecified atom stereocenters. The minimum atomic E-state index is -0.323. The number of hydrogen-bond donors (Lipinski definition) is 2. The van der Waals surface area contributed by atoms with E-state index in [1.807, 2.05) is 19.9 Å². The Kier molecular flexibility index (Phi) is 7.42. The Balaban J connectivity index is 1.58. The lowest BCUT2D eigenvalue weighted by Crippen LogP contribution is -2.22. The van der Waals surface area contributed by atoms with Gasteiger partial charge in [0.05, 0.1) is 18.0 Å². The molecule has 1 aliphatic carbocycles. The fourth-order valence-corrected chi connectivity index (χ4v) is 5.23. The van der Waals surface area contributed by atoms with Gasteiger partial charge in [0.25, 0.3) is 0 Å². The molecule has 1 aromatic carbocycles. The second-order valence-corrected chi connectivity index (χ2v) is 9.88. The molecule has 152 valence electrons. The number of methoxy groups -OCH3 is 1. The Hall–Kier alpha value is -1.51. The SMILES string of the molecule is COc1cc(Cl)c(C)cc1NC(=O)C(C)Sc1nnc(NC2CCCCC2)s1. The minimum absolute atomic E-state index is 0.123. The van der Waals surface area contributed by atoms with E-state index in [0.717, 1.165) is 15.0 Å². The maximum atomic E-state index is 12.6. The Morgan fingerprint density at radius 1 is 1.32 bits per heavy atom. The molecule has 1 saturated carbocycles. The van der Waals surface area contributed by atoms with Gasteiger partial charge in [-0.25, -0.2) is 0 Å². The van der Waals surface area contributed by atoms with Crippen molar-refractivity contribution in [2.24, 2.45) is 0 Å². The zero-order valence-electron chi connectivity index (χ0n) is 16.3. The fraction of sp³-hybridized carbons (Fsp3) is 0.526. The maximum Gasteiger partial charge on any atom is 0.237 e. The molecular weight excluding hydrogens is 416 g/mol. The summed E-state index contributed by atoms with van der Waals surface area (Å²) >= 11 is 9.03. The Morgan fingerprint density at radius 3 is 2.79 bits per heavy atom. The van der Waals surface area contributed by atoms with Gasteiger partial charge in [0.1, 0.15) is 5.75 Å². The third-order valence-electron chi connectivity index (χ3n) is 4.72. The van der Waals surface area contributed by atoms with Crippen molar-refractivity contribution in [3.63, 3.8) is 0 Å². The van der Waals surface area contributed by atoms with Crippen LogP contribution in [0.5, 0.6) is 5.75 Å². The number of hydrogen-bond acceptors (Lipinski definition) is 7. The first kappa shape index (κ1) is 21.2. The van der Waals surface area contributed by atoms with Gasteiger partial charge in [-0.2, -0.15) is 0 Å². The molecule has 0 radical (unpaired) electrons. The third-order valence-corrected chi connectivity index (χ3v) is 7.17. The summed E-state index contributed by atoms with van der Waals surface area (Å²) < 4.78 is 6.10. The highest BCUT2D eigenvalue weighted by molar-refractivity contribution is 8.02. The summed E-state index contributed by atoms with van der Waals surface area (Å²) in [5.41, 5.74) is 1.49. The number of aryl methyl sites for hydroxylation is 1. The lowest BCUT2D eigenvalue weighted by Gasteiger charge is -2.21. The van der Waals surface area contributed by atoms with Crippen molar-refractivity contribution in [1.82, 2.24) is 10.2 Å². The van der Waals surface area contributed by atoms with Gasteiger partial charge in [-0.1, -0.05) is 54.0 Å². The zero-order valence-corrected chi connectivity index (χ0v) is 18.6. The molecule has 1 fully saturated rings. The average molecular weight is 441 g/mol. The van der Waals surface area contributed by atoms with Crippen molar-refractivity contribution in [3.05, 3.63) is 22.7 Å². The highest BCUT2D eigenvalue weighted by Gasteiger charge is 2.20. The number of anilines is 2. The molecule has 0 saturated heterocycles. The molecule has 0 bridgehead atoms. The number of ether oxygens (including phenoxy) is 1. The summed E-state index contributed by atoms with van der Waals surface area (Å²) in [5.74, 6) is 0.415. The van der Waals surface area contributed by atoms with Crippen LogP contribution in [0.2, 0.25) is 5.02 Å². The van der Waals surface area contributed by atoms with Crippen molar-refractivity contribution in [2.75, 3.05) is 17.7 Å². The van der Waals surface area contributed by atoms with Crippen molar-refractivity contribution in [1.29, 1.82) is 0 Å². The number of halogens is 1. The standard InChI is InChI=1S/C19H25ClN4O2S2/c1-11-9-15(16(26-3)10-14(11)20)22-17(25)12(2)27-19-24-23-18(28-19)21-13-7-5-4-6-8-13/h9-10,12-13H,4-8H2,1-3H3,(H,21,23)(H,22,25). The number of thioether (sulfide) groups is 1. The van der Waals surface area contributed by atoms with Crippen LogP contribution >= 0.6 is 34.7 Å². The van der Waals surface area contributed by atoms with Gasteiger partial charge in [0.15, 0.2) is 4.34 Å². The largest absolute Gasteiger partial charge is 0.495 e.